The second-order valence-electron chi connectivity index (χ2n) is 9.66. The number of Topliss-reactive ketones (excluding diaryl/α,β-unsaturated/α-hetero) is 1. The Morgan fingerprint density at radius 2 is 1.63 bits per heavy atom. The Labute approximate surface area is 192 Å². The van der Waals surface area contributed by atoms with Gasteiger partial charge in [0.05, 0.1) is 0 Å². The summed E-state index contributed by atoms with van der Waals surface area (Å²) in [6, 6.07) is 15.2. The van der Waals surface area contributed by atoms with Crippen molar-refractivity contribution in [2.45, 2.75) is 77.5 Å². The van der Waals surface area contributed by atoms with E-state index < -0.39 is 0 Å². The molecule has 162 valence electrons. The molecule has 0 amide bonds. The Morgan fingerprint density at radius 3 is 2.33 bits per heavy atom. The molecule has 4 atom stereocenters. The van der Waals surface area contributed by atoms with Gasteiger partial charge in [-0.2, -0.15) is 22.9 Å². The molecule has 0 saturated heterocycles. The van der Waals surface area contributed by atoms with Gasteiger partial charge in [-0.3, -0.25) is 4.79 Å². The van der Waals surface area contributed by atoms with Crippen molar-refractivity contribution in [2.24, 2.45) is 17.8 Å². The molecule has 0 aromatic heterocycles. The van der Waals surface area contributed by atoms with Crippen LogP contribution in [0.3, 0.4) is 0 Å². The highest BCUT2D eigenvalue weighted by Gasteiger charge is 2.34. The second kappa shape index (κ2) is 11.0. The van der Waals surface area contributed by atoms with Gasteiger partial charge < -0.3 is 0 Å². The van der Waals surface area contributed by atoms with Crippen molar-refractivity contribution < 1.29 is 4.79 Å². The minimum atomic E-state index is -0.260. The summed E-state index contributed by atoms with van der Waals surface area (Å²) in [6.45, 7) is 6.48. The summed E-state index contributed by atoms with van der Waals surface area (Å²) in [5.74, 6) is 2.94. The molecule has 1 nitrogen and oxygen atoms in total. The predicted molar refractivity (Wildman–Crippen MR) is 133 cm³/mol. The van der Waals surface area contributed by atoms with Crippen LogP contribution in [0.1, 0.15) is 77.2 Å². The molecule has 4 heteroatoms. The average Bonchev–Trinajstić information content (AvgIpc) is 2.73. The van der Waals surface area contributed by atoms with Gasteiger partial charge in [0.15, 0.2) is 0 Å². The molecule has 0 N–H and O–H groups in total. The lowest BCUT2D eigenvalue weighted by atomic mass is 9.64. The van der Waals surface area contributed by atoms with Gasteiger partial charge in [-0.15, -0.1) is 0 Å². The van der Waals surface area contributed by atoms with Crippen molar-refractivity contribution in [2.75, 3.05) is 0 Å². The highest BCUT2D eigenvalue weighted by Crippen LogP contribution is 2.46. The van der Waals surface area contributed by atoms with Crippen LogP contribution < -0.4 is 0 Å². The maximum Gasteiger partial charge on any atom is 0.355 e. The van der Waals surface area contributed by atoms with Gasteiger partial charge in [-0.05, 0) is 59.2 Å². The number of rotatable bonds is 3. The van der Waals surface area contributed by atoms with Crippen LogP contribution in [0.5, 0.6) is 0 Å². The molecule has 2 aromatic rings. The minimum absolute atomic E-state index is 0.260. The summed E-state index contributed by atoms with van der Waals surface area (Å²) in [6.07, 6.45) is 8.07. The van der Waals surface area contributed by atoms with Gasteiger partial charge in [0.2, 0.25) is 0 Å². The SMILES string of the molecule is CC(C)[C@@H]1CC[C@@H](C)CC1=O.ClB(Cl)[C@@H]1CCCC[C@H]1c1cccc2ccccc12. The first kappa shape index (κ1) is 23.7. The third-order valence-corrected chi connectivity index (χ3v) is 7.75. The smallest absolute Gasteiger partial charge is 0.299 e. The van der Waals surface area contributed by atoms with Gasteiger partial charge in [-0.1, -0.05) is 82.5 Å². The molecule has 2 saturated carbocycles. The molecule has 0 spiro atoms. The van der Waals surface area contributed by atoms with Gasteiger partial charge in [0.1, 0.15) is 5.78 Å². The molecule has 2 aromatic carbocycles. The lowest BCUT2D eigenvalue weighted by Gasteiger charge is -2.32. The van der Waals surface area contributed by atoms with Crippen molar-refractivity contribution in [3.63, 3.8) is 0 Å². The first-order valence-electron chi connectivity index (χ1n) is 11.7. The number of benzene rings is 2. The van der Waals surface area contributed by atoms with E-state index in [4.69, 9.17) is 22.9 Å². The third kappa shape index (κ3) is 5.83. The lowest BCUT2D eigenvalue weighted by molar-refractivity contribution is -0.127. The van der Waals surface area contributed by atoms with Gasteiger partial charge >= 0.3 is 5.54 Å². The lowest BCUT2D eigenvalue weighted by Crippen LogP contribution is -2.27. The van der Waals surface area contributed by atoms with Gasteiger partial charge in [0.25, 0.3) is 0 Å². The van der Waals surface area contributed by atoms with Crippen LogP contribution in [0, 0.1) is 17.8 Å². The Morgan fingerprint density at radius 1 is 0.933 bits per heavy atom. The van der Waals surface area contributed by atoms with E-state index in [1.165, 1.54) is 42.0 Å². The van der Waals surface area contributed by atoms with Crippen LogP contribution in [-0.2, 0) is 4.79 Å². The van der Waals surface area contributed by atoms with E-state index in [1.54, 1.807) is 0 Å². The van der Waals surface area contributed by atoms with Crippen LogP contribution in [0.15, 0.2) is 42.5 Å². The van der Waals surface area contributed by atoms with Crippen molar-refractivity contribution in [3.8, 4) is 0 Å². The molecule has 2 aliphatic rings. The number of hydrogen-bond donors (Lipinski definition) is 0. The fourth-order valence-corrected chi connectivity index (χ4v) is 5.95. The number of ketones is 1. The largest absolute Gasteiger partial charge is 0.355 e. The molecule has 2 aliphatic carbocycles. The molecule has 4 rings (SSSR count). The number of carbonyl (C=O) groups is 1. The Bertz CT molecular complexity index is 829. The van der Waals surface area contributed by atoms with E-state index in [9.17, 15) is 4.79 Å². The van der Waals surface area contributed by atoms with Crippen LogP contribution >= 0.6 is 22.9 Å². The maximum absolute atomic E-state index is 11.4. The number of fused-ring (bicyclic) bond motifs is 1. The normalized spacial score (nSPS) is 26.9. The van der Waals surface area contributed by atoms with E-state index in [2.05, 4.69) is 63.2 Å². The van der Waals surface area contributed by atoms with E-state index in [1.807, 2.05) is 0 Å². The fourth-order valence-electron chi connectivity index (χ4n) is 5.35. The van der Waals surface area contributed by atoms with Crippen molar-refractivity contribution >= 4 is 45.0 Å². The molecule has 0 heterocycles. The Kier molecular flexibility index (Phi) is 8.72. The molecular weight excluding hydrogens is 410 g/mol. The first-order valence-corrected chi connectivity index (χ1v) is 12.5. The molecule has 2 fully saturated rings. The second-order valence-corrected chi connectivity index (χ2v) is 10.8. The highest BCUT2D eigenvalue weighted by molar-refractivity contribution is 7.34. The molecule has 30 heavy (non-hydrogen) atoms. The zero-order valence-electron chi connectivity index (χ0n) is 18.6. The summed E-state index contributed by atoms with van der Waals surface area (Å²) >= 11 is 12.4. The standard InChI is InChI=1S/C16H17BCl2.C10H18O/c18-17(19)16-11-4-3-9-15(16)14-10-5-7-12-6-1-2-8-13(12)14;1-7(2)9-5-4-8(3)6-10(9)11/h1-2,5-8,10,15-16H,3-4,9,11H2;7-9H,4-6H2,1-3H3/t15-,16+;8-,9+/m01/s1. The van der Waals surface area contributed by atoms with Crippen LogP contribution in [0.2, 0.25) is 5.82 Å². The minimum Gasteiger partial charge on any atom is -0.299 e. The van der Waals surface area contributed by atoms with Gasteiger partial charge in [0, 0.05) is 12.3 Å². The predicted octanol–water partition coefficient (Wildman–Crippen LogP) is 8.48. The van der Waals surface area contributed by atoms with E-state index >= 15 is 0 Å². The quantitative estimate of drug-likeness (QED) is 0.433. The van der Waals surface area contributed by atoms with E-state index in [0.717, 1.165) is 19.3 Å². The summed E-state index contributed by atoms with van der Waals surface area (Å²) < 4.78 is 0. The molecule has 0 aliphatic heterocycles. The third-order valence-electron chi connectivity index (χ3n) is 7.10. The average molecular weight is 445 g/mol. The first-order chi connectivity index (χ1) is 14.4. The molecular formula is C26H35BCl2O. The van der Waals surface area contributed by atoms with Crippen molar-refractivity contribution in [1.29, 1.82) is 0 Å². The Balaban J connectivity index is 0.000000199. The Hall–Kier alpha value is -0.985. The van der Waals surface area contributed by atoms with E-state index in [-0.39, 0.29) is 5.54 Å². The summed E-state index contributed by atoms with van der Waals surface area (Å²) in [5, 5.41) is 2.67. The zero-order valence-corrected chi connectivity index (χ0v) is 20.1. The molecule has 0 radical (unpaired) electrons. The number of hydrogen-bond acceptors (Lipinski definition) is 1. The van der Waals surface area contributed by atoms with Crippen LogP contribution in [0.4, 0.5) is 0 Å². The number of carbonyl (C=O) groups excluding carboxylic acids is 1. The summed E-state index contributed by atoms with van der Waals surface area (Å²) in [5.41, 5.74) is 1.17. The van der Waals surface area contributed by atoms with Gasteiger partial charge in [-0.25, -0.2) is 0 Å². The van der Waals surface area contributed by atoms with Crippen molar-refractivity contribution in [3.05, 3.63) is 48.0 Å². The van der Waals surface area contributed by atoms with Crippen molar-refractivity contribution in [1.82, 2.24) is 0 Å². The molecule has 0 unspecified atom stereocenters. The fraction of sp³-hybridized carbons (Fsp3) is 0.577. The maximum atomic E-state index is 11.4. The zero-order chi connectivity index (χ0) is 21.7. The van der Waals surface area contributed by atoms with Crippen LogP contribution in [-0.4, -0.2) is 11.3 Å². The van der Waals surface area contributed by atoms with E-state index in [0.29, 0.717) is 35.3 Å². The summed E-state index contributed by atoms with van der Waals surface area (Å²) in [7, 11) is 0. The van der Waals surface area contributed by atoms with Crippen LogP contribution in [0.25, 0.3) is 10.8 Å². The highest BCUT2D eigenvalue weighted by atomic mass is 35.5. The summed E-state index contributed by atoms with van der Waals surface area (Å²) in [4.78, 5) is 11.4. The molecule has 0 bridgehead atoms. The topological polar surface area (TPSA) is 17.1 Å². The number of halogens is 2. The monoisotopic (exact) mass is 444 g/mol.